The summed E-state index contributed by atoms with van der Waals surface area (Å²) in [5, 5.41) is 5.48. The molecule has 0 saturated carbocycles. The topological polar surface area (TPSA) is 41.1 Å². The highest BCUT2D eigenvalue weighted by molar-refractivity contribution is 5.85. The molecule has 1 fully saturated rings. The number of nitrogens with one attached hydrogen (secondary N) is 2. The Labute approximate surface area is 105 Å². The number of carbonyl (C=O) groups excluding carboxylic acids is 1. The van der Waals surface area contributed by atoms with E-state index in [-0.39, 0.29) is 11.6 Å². The van der Waals surface area contributed by atoms with E-state index >= 15 is 0 Å². The smallest absolute Gasteiger partial charge is 0.347 e. The lowest BCUT2D eigenvalue weighted by Gasteiger charge is -2.26. The fraction of sp³-hybridized carbons (Fsp3) is 0.462. The predicted molar refractivity (Wildman–Crippen MR) is 64.4 cm³/mol. The lowest BCUT2D eigenvalue weighted by atomic mass is 10.0. The minimum atomic E-state index is -3.47. The first-order valence-electron chi connectivity index (χ1n) is 6.06. The van der Waals surface area contributed by atoms with E-state index < -0.39 is 11.8 Å². The number of benzene rings is 1. The Hall–Kier alpha value is -1.49. The van der Waals surface area contributed by atoms with E-state index in [1.807, 2.05) is 0 Å². The fourth-order valence-electron chi connectivity index (χ4n) is 2.03. The van der Waals surface area contributed by atoms with Crippen molar-refractivity contribution in [1.82, 2.24) is 10.6 Å². The van der Waals surface area contributed by atoms with Gasteiger partial charge in [0.05, 0.1) is 0 Å². The second-order valence-corrected chi connectivity index (χ2v) is 4.46. The third-order valence-corrected chi connectivity index (χ3v) is 3.05. The van der Waals surface area contributed by atoms with E-state index in [4.69, 9.17) is 0 Å². The van der Waals surface area contributed by atoms with E-state index in [0.29, 0.717) is 6.54 Å². The standard InChI is InChI=1S/C13H16F2N2O/c14-13(15,10-5-2-1-3-6-10)12(18)17-11-7-4-8-16-9-11/h1-3,5-6,11,16H,4,7-9H2,(H,17,18). The van der Waals surface area contributed by atoms with Crippen molar-refractivity contribution in [3.8, 4) is 0 Å². The van der Waals surface area contributed by atoms with Crippen LogP contribution < -0.4 is 10.6 Å². The molecule has 1 aliphatic heterocycles. The SMILES string of the molecule is O=C(NC1CCCNC1)C(F)(F)c1ccccc1. The summed E-state index contributed by atoms with van der Waals surface area (Å²) >= 11 is 0. The molecule has 2 N–H and O–H groups in total. The van der Waals surface area contributed by atoms with Gasteiger partial charge in [-0.05, 0) is 19.4 Å². The van der Waals surface area contributed by atoms with Gasteiger partial charge in [-0.2, -0.15) is 8.78 Å². The molecule has 0 radical (unpaired) electrons. The van der Waals surface area contributed by atoms with Crippen LogP contribution >= 0.6 is 0 Å². The van der Waals surface area contributed by atoms with Crippen molar-refractivity contribution in [3.63, 3.8) is 0 Å². The molecule has 1 aromatic rings. The van der Waals surface area contributed by atoms with Crippen molar-refractivity contribution in [2.75, 3.05) is 13.1 Å². The van der Waals surface area contributed by atoms with Gasteiger partial charge in [0.1, 0.15) is 0 Å². The molecular formula is C13H16F2N2O. The van der Waals surface area contributed by atoms with E-state index in [2.05, 4.69) is 10.6 Å². The van der Waals surface area contributed by atoms with E-state index in [1.165, 1.54) is 24.3 Å². The molecule has 1 saturated heterocycles. The molecule has 0 bridgehead atoms. The van der Waals surface area contributed by atoms with Crippen LogP contribution in [-0.4, -0.2) is 25.0 Å². The number of piperidine rings is 1. The molecule has 5 heteroatoms. The van der Waals surface area contributed by atoms with Crippen LogP contribution in [0.25, 0.3) is 0 Å². The van der Waals surface area contributed by atoms with Crippen molar-refractivity contribution >= 4 is 5.91 Å². The lowest BCUT2D eigenvalue weighted by Crippen LogP contribution is -2.50. The summed E-state index contributed by atoms with van der Waals surface area (Å²) in [6, 6.07) is 6.96. The lowest BCUT2D eigenvalue weighted by molar-refractivity contribution is -0.147. The zero-order valence-electron chi connectivity index (χ0n) is 9.96. The molecule has 1 heterocycles. The van der Waals surface area contributed by atoms with Crippen LogP contribution in [0, 0.1) is 0 Å². The zero-order valence-corrected chi connectivity index (χ0v) is 9.96. The molecule has 0 aromatic heterocycles. The molecule has 0 aliphatic carbocycles. The van der Waals surface area contributed by atoms with Gasteiger partial charge < -0.3 is 10.6 Å². The molecule has 3 nitrogen and oxygen atoms in total. The Bertz CT molecular complexity index is 403. The normalized spacial score (nSPS) is 20.4. The third-order valence-electron chi connectivity index (χ3n) is 3.05. The Morgan fingerprint density at radius 1 is 1.33 bits per heavy atom. The Balaban J connectivity index is 2.03. The van der Waals surface area contributed by atoms with Gasteiger partial charge in [-0.25, -0.2) is 0 Å². The van der Waals surface area contributed by atoms with Crippen LogP contribution in [0.3, 0.4) is 0 Å². The molecule has 0 spiro atoms. The van der Waals surface area contributed by atoms with E-state index in [9.17, 15) is 13.6 Å². The summed E-state index contributed by atoms with van der Waals surface area (Å²) in [5.41, 5.74) is -0.272. The number of amides is 1. The molecule has 98 valence electrons. The number of carbonyl (C=O) groups is 1. The molecular weight excluding hydrogens is 238 g/mol. The second kappa shape index (κ2) is 5.44. The van der Waals surface area contributed by atoms with Crippen molar-refractivity contribution < 1.29 is 13.6 Å². The van der Waals surface area contributed by atoms with Crippen molar-refractivity contribution in [1.29, 1.82) is 0 Å². The van der Waals surface area contributed by atoms with Gasteiger partial charge in [0, 0.05) is 18.2 Å². The Morgan fingerprint density at radius 2 is 2.06 bits per heavy atom. The highest BCUT2D eigenvalue weighted by Crippen LogP contribution is 2.28. The number of hydrogen-bond acceptors (Lipinski definition) is 2. The van der Waals surface area contributed by atoms with Crippen LogP contribution in [0.5, 0.6) is 0 Å². The quantitative estimate of drug-likeness (QED) is 0.861. The van der Waals surface area contributed by atoms with Crippen LogP contribution in [0.15, 0.2) is 30.3 Å². The van der Waals surface area contributed by atoms with Crippen LogP contribution in [0.4, 0.5) is 8.78 Å². The van der Waals surface area contributed by atoms with Gasteiger partial charge in [0.15, 0.2) is 0 Å². The summed E-state index contributed by atoms with van der Waals surface area (Å²) in [6.07, 6.45) is 1.63. The Kier molecular flexibility index (Phi) is 3.91. The first-order chi connectivity index (χ1) is 8.60. The van der Waals surface area contributed by atoms with E-state index in [1.54, 1.807) is 6.07 Å². The summed E-state index contributed by atoms with van der Waals surface area (Å²) in [7, 11) is 0. The molecule has 1 aliphatic rings. The highest BCUT2D eigenvalue weighted by atomic mass is 19.3. The molecule has 18 heavy (non-hydrogen) atoms. The first-order valence-corrected chi connectivity index (χ1v) is 6.06. The number of hydrogen-bond donors (Lipinski definition) is 2. The number of halogens is 2. The Morgan fingerprint density at radius 3 is 2.67 bits per heavy atom. The van der Waals surface area contributed by atoms with Gasteiger partial charge in [-0.15, -0.1) is 0 Å². The summed E-state index contributed by atoms with van der Waals surface area (Å²) in [5.74, 6) is -4.69. The number of rotatable bonds is 3. The van der Waals surface area contributed by atoms with Crippen LogP contribution in [0.2, 0.25) is 0 Å². The molecule has 1 aromatic carbocycles. The van der Waals surface area contributed by atoms with Gasteiger partial charge >= 0.3 is 5.92 Å². The van der Waals surface area contributed by atoms with Gasteiger partial charge in [0.2, 0.25) is 0 Å². The minimum absolute atomic E-state index is 0.208. The predicted octanol–water partition coefficient (Wildman–Crippen LogP) is 1.65. The van der Waals surface area contributed by atoms with Crippen molar-refractivity contribution in [2.24, 2.45) is 0 Å². The maximum atomic E-state index is 13.9. The average molecular weight is 254 g/mol. The third kappa shape index (κ3) is 2.85. The summed E-state index contributed by atoms with van der Waals surface area (Å²) in [4.78, 5) is 11.6. The largest absolute Gasteiger partial charge is 0.349 e. The number of alkyl halides is 2. The van der Waals surface area contributed by atoms with Crippen LogP contribution in [0.1, 0.15) is 18.4 Å². The highest BCUT2D eigenvalue weighted by Gasteiger charge is 2.41. The van der Waals surface area contributed by atoms with Gasteiger partial charge in [-0.3, -0.25) is 4.79 Å². The van der Waals surface area contributed by atoms with Gasteiger partial charge in [0.25, 0.3) is 5.91 Å². The van der Waals surface area contributed by atoms with Crippen molar-refractivity contribution in [3.05, 3.63) is 35.9 Å². The zero-order chi connectivity index (χ0) is 13.0. The second-order valence-electron chi connectivity index (χ2n) is 4.46. The van der Waals surface area contributed by atoms with Crippen LogP contribution in [-0.2, 0) is 10.7 Å². The monoisotopic (exact) mass is 254 g/mol. The summed E-state index contributed by atoms with van der Waals surface area (Å²) < 4.78 is 27.7. The molecule has 1 unspecified atom stereocenters. The van der Waals surface area contributed by atoms with E-state index in [0.717, 1.165) is 19.4 Å². The first kappa shape index (κ1) is 13.0. The fourth-order valence-corrected chi connectivity index (χ4v) is 2.03. The van der Waals surface area contributed by atoms with Crippen molar-refractivity contribution in [2.45, 2.75) is 24.8 Å². The molecule has 1 amide bonds. The molecule has 1 atom stereocenters. The van der Waals surface area contributed by atoms with Gasteiger partial charge in [-0.1, -0.05) is 30.3 Å². The molecule has 2 rings (SSSR count). The maximum absolute atomic E-state index is 13.9. The average Bonchev–Trinajstić information content (AvgIpc) is 2.41. The maximum Gasteiger partial charge on any atom is 0.349 e. The summed E-state index contributed by atoms with van der Waals surface area (Å²) in [6.45, 7) is 1.43. The minimum Gasteiger partial charge on any atom is -0.347 e.